The zero-order valence-electron chi connectivity index (χ0n) is 7.34. The zero-order valence-corrected chi connectivity index (χ0v) is 8.16. The van der Waals surface area contributed by atoms with Gasteiger partial charge >= 0.3 is 6.18 Å². The van der Waals surface area contributed by atoms with Gasteiger partial charge in [0.15, 0.2) is 0 Å². The van der Waals surface area contributed by atoms with E-state index < -0.39 is 17.6 Å². The highest BCUT2D eigenvalue weighted by atomic mass is 35.5. The van der Waals surface area contributed by atoms with E-state index in [9.17, 15) is 17.6 Å². The largest absolute Gasteiger partial charge is 0.416 e. The summed E-state index contributed by atoms with van der Waals surface area (Å²) in [4.78, 5) is 4.12. The molecule has 0 aliphatic heterocycles. The molecule has 0 saturated heterocycles. The van der Waals surface area contributed by atoms with Crippen molar-refractivity contribution < 1.29 is 22.4 Å². The normalized spacial score (nSPS) is 11.0. The lowest BCUT2D eigenvalue weighted by atomic mass is 10.1. The molecule has 0 radical (unpaired) electrons. The summed E-state index contributed by atoms with van der Waals surface area (Å²) < 4.78 is 49.1. The summed E-state index contributed by atoms with van der Waals surface area (Å²) in [7, 11) is 0. The molecule has 0 saturated carbocycles. The fraction of sp³-hybridized carbons (Fsp3) is 0.250. The Morgan fingerprint density at radius 2 is 1.80 bits per heavy atom. The monoisotopic (exact) mass is 245 g/mol. The average Bonchev–Trinajstić information content (AvgIpc) is 2.02. The molecule has 0 bridgehead atoms. The number of alkyl halides is 3. The van der Waals surface area contributed by atoms with E-state index in [1.807, 2.05) is 0 Å². The van der Waals surface area contributed by atoms with E-state index in [0.29, 0.717) is 6.07 Å². The smallest absolute Gasteiger partial charge is 0.300 e. The Hall–Kier alpha value is -0.850. The van der Waals surface area contributed by atoms with Crippen LogP contribution in [0.25, 0.3) is 0 Å². The molecule has 0 fully saturated rings. The molecular formula is C8H8ClF4NO. The molecule has 1 aromatic carbocycles. The van der Waals surface area contributed by atoms with Crippen LogP contribution in [0, 0.1) is 5.82 Å². The summed E-state index contributed by atoms with van der Waals surface area (Å²) in [6, 6.07) is 2.14. The number of halogens is 5. The van der Waals surface area contributed by atoms with Crippen LogP contribution in [-0.2, 0) is 17.6 Å². The molecule has 1 rings (SSSR count). The van der Waals surface area contributed by atoms with Crippen molar-refractivity contribution in [3.8, 4) is 0 Å². The third-order valence-electron chi connectivity index (χ3n) is 1.53. The highest BCUT2D eigenvalue weighted by Crippen LogP contribution is 2.30. The predicted molar refractivity (Wildman–Crippen MR) is 47.6 cm³/mol. The minimum atomic E-state index is -4.56. The van der Waals surface area contributed by atoms with Crippen molar-refractivity contribution in [1.29, 1.82) is 0 Å². The zero-order chi connectivity index (χ0) is 10.8. The first-order valence-electron chi connectivity index (χ1n) is 3.62. The fourth-order valence-electron chi connectivity index (χ4n) is 0.994. The maximum absolute atomic E-state index is 12.7. The summed E-state index contributed by atoms with van der Waals surface area (Å²) in [5.41, 5.74) is -1.01. The molecule has 0 aliphatic rings. The highest BCUT2D eigenvalue weighted by molar-refractivity contribution is 5.85. The topological polar surface area (TPSA) is 35.2 Å². The summed E-state index contributed by atoms with van der Waals surface area (Å²) in [6.45, 7) is -0.263. The van der Waals surface area contributed by atoms with Gasteiger partial charge in [0.25, 0.3) is 0 Å². The molecule has 2 N–H and O–H groups in total. The standard InChI is InChI=1S/C8H7F4NO.ClH/c9-7-2-5(4-14-13)1-6(3-7)8(10,11)12;/h1-3H,4,13H2;1H. The van der Waals surface area contributed by atoms with Crippen LogP contribution in [0.4, 0.5) is 17.6 Å². The second-order valence-corrected chi connectivity index (χ2v) is 2.66. The van der Waals surface area contributed by atoms with Crippen LogP contribution in [0.2, 0.25) is 0 Å². The lowest BCUT2D eigenvalue weighted by Gasteiger charge is -2.08. The van der Waals surface area contributed by atoms with Crippen LogP contribution >= 0.6 is 12.4 Å². The van der Waals surface area contributed by atoms with Crippen LogP contribution < -0.4 is 5.90 Å². The van der Waals surface area contributed by atoms with Crippen molar-refractivity contribution in [2.45, 2.75) is 12.8 Å². The average molecular weight is 246 g/mol. The van der Waals surface area contributed by atoms with Crippen molar-refractivity contribution in [1.82, 2.24) is 0 Å². The van der Waals surface area contributed by atoms with Gasteiger partial charge in [0, 0.05) is 0 Å². The first kappa shape index (κ1) is 14.2. The Labute approximate surface area is 89.4 Å². The third kappa shape index (κ3) is 4.03. The number of rotatable bonds is 2. The van der Waals surface area contributed by atoms with E-state index in [4.69, 9.17) is 0 Å². The van der Waals surface area contributed by atoms with Crippen LogP contribution in [0.1, 0.15) is 11.1 Å². The maximum Gasteiger partial charge on any atom is 0.416 e. The highest BCUT2D eigenvalue weighted by Gasteiger charge is 2.31. The molecule has 0 amide bonds. The summed E-state index contributed by atoms with van der Waals surface area (Å²) in [5, 5.41) is 0. The van der Waals surface area contributed by atoms with Gasteiger partial charge in [0.1, 0.15) is 5.82 Å². The summed E-state index contributed by atoms with van der Waals surface area (Å²) in [5.74, 6) is 3.70. The molecule has 0 atom stereocenters. The first-order chi connectivity index (χ1) is 6.43. The molecule has 86 valence electrons. The molecule has 1 aromatic rings. The van der Waals surface area contributed by atoms with Gasteiger partial charge in [-0.05, 0) is 23.8 Å². The van der Waals surface area contributed by atoms with Crippen molar-refractivity contribution in [3.05, 3.63) is 35.1 Å². The minimum Gasteiger partial charge on any atom is -0.300 e. The van der Waals surface area contributed by atoms with Gasteiger partial charge in [-0.2, -0.15) is 13.2 Å². The molecule has 0 heterocycles. The Morgan fingerprint density at radius 3 is 2.27 bits per heavy atom. The summed E-state index contributed by atoms with van der Waals surface area (Å²) in [6.07, 6.45) is -4.56. The lowest BCUT2D eigenvalue weighted by Crippen LogP contribution is -2.07. The van der Waals surface area contributed by atoms with Crippen molar-refractivity contribution in [2.24, 2.45) is 5.90 Å². The Bertz CT molecular complexity index is 329. The van der Waals surface area contributed by atoms with Gasteiger partial charge in [0.2, 0.25) is 0 Å². The van der Waals surface area contributed by atoms with Crippen molar-refractivity contribution in [3.63, 3.8) is 0 Å². The quantitative estimate of drug-likeness (QED) is 0.642. The Kier molecular flexibility index (Phi) is 4.99. The number of benzene rings is 1. The predicted octanol–water partition coefficient (Wildman–Crippen LogP) is 2.66. The van der Waals surface area contributed by atoms with Crippen molar-refractivity contribution in [2.75, 3.05) is 0 Å². The molecule has 7 heteroatoms. The van der Waals surface area contributed by atoms with Crippen LogP contribution in [-0.4, -0.2) is 0 Å². The third-order valence-corrected chi connectivity index (χ3v) is 1.53. The van der Waals surface area contributed by atoms with Crippen LogP contribution in [0.15, 0.2) is 18.2 Å². The Balaban J connectivity index is 0.00000196. The van der Waals surface area contributed by atoms with E-state index in [2.05, 4.69) is 10.7 Å². The fourth-order valence-corrected chi connectivity index (χ4v) is 0.994. The van der Waals surface area contributed by atoms with E-state index in [1.165, 1.54) is 0 Å². The summed E-state index contributed by atoms with van der Waals surface area (Å²) >= 11 is 0. The van der Waals surface area contributed by atoms with Gasteiger partial charge in [0.05, 0.1) is 12.2 Å². The second kappa shape index (κ2) is 5.29. The van der Waals surface area contributed by atoms with E-state index in [1.54, 1.807) is 0 Å². The van der Waals surface area contributed by atoms with Gasteiger partial charge < -0.3 is 0 Å². The molecule has 0 aliphatic carbocycles. The maximum atomic E-state index is 12.7. The van der Waals surface area contributed by atoms with Crippen LogP contribution in [0.5, 0.6) is 0 Å². The number of nitrogens with two attached hydrogens (primary N) is 1. The number of hydrogen-bond donors (Lipinski definition) is 1. The minimum absolute atomic E-state index is 0. The molecule has 0 spiro atoms. The first-order valence-corrected chi connectivity index (χ1v) is 3.62. The van der Waals surface area contributed by atoms with Gasteiger partial charge in [-0.3, -0.25) is 4.84 Å². The molecule has 15 heavy (non-hydrogen) atoms. The molecule has 2 nitrogen and oxygen atoms in total. The van der Waals surface area contributed by atoms with E-state index in [0.717, 1.165) is 12.1 Å². The van der Waals surface area contributed by atoms with Crippen molar-refractivity contribution >= 4 is 12.4 Å². The molecule has 0 unspecified atom stereocenters. The second-order valence-electron chi connectivity index (χ2n) is 2.66. The van der Waals surface area contributed by atoms with E-state index >= 15 is 0 Å². The van der Waals surface area contributed by atoms with Gasteiger partial charge in [-0.15, -0.1) is 12.4 Å². The van der Waals surface area contributed by atoms with Gasteiger partial charge in [-0.1, -0.05) is 0 Å². The number of hydrogen-bond acceptors (Lipinski definition) is 2. The molecule has 0 aromatic heterocycles. The van der Waals surface area contributed by atoms with E-state index in [-0.39, 0.29) is 24.6 Å². The van der Waals surface area contributed by atoms with Crippen LogP contribution in [0.3, 0.4) is 0 Å². The SMILES string of the molecule is Cl.NOCc1cc(F)cc(C(F)(F)F)c1. The lowest BCUT2D eigenvalue weighted by molar-refractivity contribution is -0.137. The Morgan fingerprint density at radius 1 is 1.20 bits per heavy atom. The van der Waals surface area contributed by atoms with Gasteiger partial charge in [-0.25, -0.2) is 10.3 Å². The molecular weight excluding hydrogens is 238 g/mol.